The summed E-state index contributed by atoms with van der Waals surface area (Å²) in [5, 5.41) is 2.37. The van der Waals surface area contributed by atoms with Gasteiger partial charge in [0, 0.05) is 0 Å². The van der Waals surface area contributed by atoms with E-state index in [9.17, 15) is 0 Å². The second kappa shape index (κ2) is 4.49. The van der Waals surface area contributed by atoms with Gasteiger partial charge < -0.3 is 4.74 Å². The molecule has 0 atom stereocenters. The van der Waals surface area contributed by atoms with E-state index >= 15 is 0 Å². The van der Waals surface area contributed by atoms with Gasteiger partial charge in [0.15, 0.2) is 0 Å². The first-order valence-electron chi connectivity index (χ1n) is 4.74. The van der Waals surface area contributed by atoms with Gasteiger partial charge in [-0.25, -0.2) is 0 Å². The zero-order valence-electron chi connectivity index (χ0n) is 8.24. The number of rotatable bonds is 3. The third-order valence-electron chi connectivity index (χ3n) is 2.18. The monoisotopic (exact) mass is 262 g/mol. The number of hydrogen-bond donors (Lipinski definition) is 0. The fraction of sp³-hybridized carbons (Fsp3) is 0.0769. The second-order valence-electron chi connectivity index (χ2n) is 3.20. The van der Waals surface area contributed by atoms with Gasteiger partial charge >= 0.3 is 0 Å². The highest BCUT2D eigenvalue weighted by molar-refractivity contribution is 9.10. The summed E-state index contributed by atoms with van der Waals surface area (Å²) in [6.45, 7) is 4.15. The Morgan fingerprint density at radius 1 is 1.20 bits per heavy atom. The van der Waals surface area contributed by atoms with Crippen LogP contribution in [0.15, 0.2) is 53.5 Å². The molecular weight excluding hydrogens is 252 g/mol. The molecule has 76 valence electrons. The Morgan fingerprint density at radius 2 is 2.00 bits per heavy atom. The molecule has 0 aliphatic heterocycles. The molecule has 2 aromatic rings. The van der Waals surface area contributed by atoms with Crippen LogP contribution < -0.4 is 4.74 Å². The van der Waals surface area contributed by atoms with Gasteiger partial charge in [0.2, 0.25) is 0 Å². The van der Waals surface area contributed by atoms with E-state index in [0.717, 1.165) is 10.2 Å². The minimum absolute atomic E-state index is 0.525. The summed E-state index contributed by atoms with van der Waals surface area (Å²) in [5.74, 6) is 0.855. The molecule has 0 heterocycles. The quantitative estimate of drug-likeness (QED) is 0.755. The number of benzene rings is 2. The Bertz CT molecular complexity index is 491. The van der Waals surface area contributed by atoms with Crippen molar-refractivity contribution in [2.45, 2.75) is 0 Å². The summed E-state index contributed by atoms with van der Waals surface area (Å²) in [6, 6.07) is 12.2. The largest absolute Gasteiger partial charge is 0.488 e. The number of hydrogen-bond acceptors (Lipinski definition) is 1. The maximum atomic E-state index is 5.53. The standard InChI is InChI=1S/C13H11BrO/c1-2-9-15-12-8-7-10-5-3-4-6-11(10)13(12)14/h2-8H,1,9H2. The Labute approximate surface area is 97.5 Å². The maximum Gasteiger partial charge on any atom is 0.134 e. The zero-order chi connectivity index (χ0) is 10.7. The van der Waals surface area contributed by atoms with Crippen molar-refractivity contribution in [1.82, 2.24) is 0 Å². The van der Waals surface area contributed by atoms with Crippen LogP contribution in [0.2, 0.25) is 0 Å². The lowest BCUT2D eigenvalue weighted by atomic mass is 10.1. The molecule has 0 aromatic heterocycles. The molecule has 0 fully saturated rings. The van der Waals surface area contributed by atoms with E-state index in [1.165, 1.54) is 10.8 Å². The van der Waals surface area contributed by atoms with E-state index < -0.39 is 0 Å². The van der Waals surface area contributed by atoms with E-state index in [0.29, 0.717) is 6.61 Å². The molecular formula is C13H11BrO. The van der Waals surface area contributed by atoms with Crippen molar-refractivity contribution in [2.75, 3.05) is 6.61 Å². The molecule has 0 amide bonds. The molecule has 0 radical (unpaired) electrons. The lowest BCUT2D eigenvalue weighted by Crippen LogP contribution is -1.93. The average molecular weight is 263 g/mol. The summed E-state index contributed by atoms with van der Waals surface area (Å²) in [7, 11) is 0. The van der Waals surface area contributed by atoms with Crippen molar-refractivity contribution in [3.8, 4) is 5.75 Å². The van der Waals surface area contributed by atoms with E-state index in [-0.39, 0.29) is 0 Å². The van der Waals surface area contributed by atoms with Crippen molar-refractivity contribution in [2.24, 2.45) is 0 Å². The predicted octanol–water partition coefficient (Wildman–Crippen LogP) is 4.17. The normalized spacial score (nSPS) is 10.2. The average Bonchev–Trinajstić information content (AvgIpc) is 2.29. The Morgan fingerprint density at radius 3 is 2.80 bits per heavy atom. The van der Waals surface area contributed by atoms with Crippen LogP contribution >= 0.6 is 15.9 Å². The summed E-state index contributed by atoms with van der Waals surface area (Å²) in [6.07, 6.45) is 1.74. The minimum Gasteiger partial charge on any atom is -0.488 e. The van der Waals surface area contributed by atoms with Crippen LogP contribution in [0, 0.1) is 0 Å². The van der Waals surface area contributed by atoms with Crippen LogP contribution in [0.3, 0.4) is 0 Å². The highest BCUT2D eigenvalue weighted by Crippen LogP contribution is 2.32. The summed E-state index contributed by atoms with van der Waals surface area (Å²) >= 11 is 3.55. The predicted molar refractivity (Wildman–Crippen MR) is 67.3 cm³/mol. The van der Waals surface area contributed by atoms with Gasteiger partial charge in [-0.1, -0.05) is 43.0 Å². The molecule has 15 heavy (non-hydrogen) atoms. The minimum atomic E-state index is 0.525. The van der Waals surface area contributed by atoms with E-state index in [1.807, 2.05) is 18.2 Å². The highest BCUT2D eigenvalue weighted by atomic mass is 79.9. The van der Waals surface area contributed by atoms with Crippen molar-refractivity contribution < 1.29 is 4.74 Å². The first-order chi connectivity index (χ1) is 7.33. The van der Waals surface area contributed by atoms with Gasteiger partial charge in [0.05, 0.1) is 4.47 Å². The lowest BCUT2D eigenvalue weighted by Gasteiger charge is -2.08. The van der Waals surface area contributed by atoms with Gasteiger partial charge in [-0.05, 0) is 32.8 Å². The smallest absolute Gasteiger partial charge is 0.134 e. The zero-order valence-corrected chi connectivity index (χ0v) is 9.83. The topological polar surface area (TPSA) is 9.23 Å². The van der Waals surface area contributed by atoms with Crippen molar-refractivity contribution in [3.63, 3.8) is 0 Å². The molecule has 0 aliphatic carbocycles. The third-order valence-corrected chi connectivity index (χ3v) is 3.00. The SMILES string of the molecule is C=CCOc1ccc2ccccc2c1Br. The summed E-state index contributed by atoms with van der Waals surface area (Å²) in [4.78, 5) is 0. The van der Waals surface area contributed by atoms with Crippen LogP contribution in [0.25, 0.3) is 10.8 Å². The molecule has 0 aliphatic rings. The van der Waals surface area contributed by atoms with Gasteiger partial charge in [0.1, 0.15) is 12.4 Å². The van der Waals surface area contributed by atoms with Crippen LogP contribution in [0.5, 0.6) is 5.75 Å². The van der Waals surface area contributed by atoms with Crippen molar-refractivity contribution >= 4 is 26.7 Å². The highest BCUT2D eigenvalue weighted by Gasteiger charge is 2.04. The third kappa shape index (κ3) is 2.05. The van der Waals surface area contributed by atoms with Gasteiger partial charge in [0.25, 0.3) is 0 Å². The molecule has 1 nitrogen and oxygen atoms in total. The van der Waals surface area contributed by atoms with Gasteiger partial charge in [-0.3, -0.25) is 0 Å². The first-order valence-corrected chi connectivity index (χ1v) is 5.53. The van der Waals surface area contributed by atoms with E-state index in [2.05, 4.69) is 40.7 Å². The van der Waals surface area contributed by atoms with E-state index in [4.69, 9.17) is 4.74 Å². The molecule has 0 spiro atoms. The molecule has 2 rings (SSSR count). The van der Waals surface area contributed by atoms with Crippen LogP contribution in [0.4, 0.5) is 0 Å². The van der Waals surface area contributed by atoms with Crippen LogP contribution in [0.1, 0.15) is 0 Å². The number of ether oxygens (including phenoxy) is 1. The van der Waals surface area contributed by atoms with Crippen molar-refractivity contribution in [1.29, 1.82) is 0 Å². The fourth-order valence-corrected chi connectivity index (χ4v) is 2.08. The molecule has 0 bridgehead atoms. The number of halogens is 1. The second-order valence-corrected chi connectivity index (χ2v) is 3.99. The Hall–Kier alpha value is -1.28. The Balaban J connectivity index is 2.50. The lowest BCUT2D eigenvalue weighted by molar-refractivity contribution is 0.361. The molecule has 0 N–H and O–H groups in total. The van der Waals surface area contributed by atoms with E-state index in [1.54, 1.807) is 6.08 Å². The molecule has 2 aromatic carbocycles. The van der Waals surface area contributed by atoms with Gasteiger partial charge in [-0.2, -0.15) is 0 Å². The first kappa shape index (κ1) is 10.2. The number of fused-ring (bicyclic) bond motifs is 1. The van der Waals surface area contributed by atoms with Crippen molar-refractivity contribution in [3.05, 3.63) is 53.5 Å². The Kier molecular flexibility index (Phi) is 3.07. The molecule has 0 saturated heterocycles. The molecule has 0 unspecified atom stereocenters. The molecule has 2 heteroatoms. The van der Waals surface area contributed by atoms with Gasteiger partial charge in [-0.15, -0.1) is 0 Å². The summed E-state index contributed by atoms with van der Waals surface area (Å²) in [5.41, 5.74) is 0. The van der Waals surface area contributed by atoms with Crippen LogP contribution in [-0.4, -0.2) is 6.61 Å². The molecule has 0 saturated carbocycles. The summed E-state index contributed by atoms with van der Waals surface area (Å²) < 4.78 is 6.53. The maximum absolute atomic E-state index is 5.53. The fourth-order valence-electron chi connectivity index (χ4n) is 1.47. The van der Waals surface area contributed by atoms with Crippen LogP contribution in [-0.2, 0) is 0 Å².